The van der Waals surface area contributed by atoms with Gasteiger partial charge in [-0.2, -0.15) is 0 Å². The Balaban J connectivity index is 1.97. The largest absolute Gasteiger partial charge is 0.495 e. The first-order valence-electron chi connectivity index (χ1n) is 8.19. The maximum atomic E-state index is 12.3. The number of halogens is 1. The molecule has 136 valence electrons. The molecule has 0 heterocycles. The predicted octanol–water partition coefficient (Wildman–Crippen LogP) is 3.85. The fourth-order valence-electron chi connectivity index (χ4n) is 2.30. The smallest absolute Gasteiger partial charge is 0.247 e. The van der Waals surface area contributed by atoms with Crippen LogP contribution < -0.4 is 10.1 Å². The molecule has 0 radical (unpaired) electrons. The molecule has 0 fully saturated rings. The molecule has 2 rings (SSSR count). The van der Waals surface area contributed by atoms with Crippen molar-refractivity contribution < 1.29 is 14.3 Å². The highest BCUT2D eigenvalue weighted by atomic mass is 35.5. The third kappa shape index (κ3) is 5.63. The first-order valence-corrected chi connectivity index (χ1v) is 8.56. The summed E-state index contributed by atoms with van der Waals surface area (Å²) >= 11 is 5.84. The van der Waals surface area contributed by atoms with Crippen LogP contribution in [0, 0.1) is 0 Å². The molecule has 1 N–H and O–H groups in total. The van der Waals surface area contributed by atoms with Gasteiger partial charge in [-0.3, -0.25) is 9.59 Å². The number of ether oxygens (including phenoxy) is 1. The second kappa shape index (κ2) is 9.63. The van der Waals surface area contributed by atoms with Gasteiger partial charge in [0.2, 0.25) is 11.8 Å². The molecule has 2 amide bonds. The van der Waals surface area contributed by atoms with E-state index in [0.29, 0.717) is 23.0 Å². The van der Waals surface area contributed by atoms with Crippen LogP contribution in [0.4, 0.5) is 5.69 Å². The number of anilines is 1. The van der Waals surface area contributed by atoms with Crippen molar-refractivity contribution in [3.8, 4) is 5.75 Å². The zero-order valence-corrected chi connectivity index (χ0v) is 15.5. The molecular weight excluding hydrogens is 352 g/mol. The number of amides is 2. The summed E-state index contributed by atoms with van der Waals surface area (Å²) in [5.74, 6) is 0.0417. The van der Waals surface area contributed by atoms with Gasteiger partial charge in [-0.25, -0.2) is 0 Å². The van der Waals surface area contributed by atoms with Crippen LogP contribution in [0.2, 0.25) is 5.02 Å². The average molecular weight is 373 g/mol. The van der Waals surface area contributed by atoms with Crippen LogP contribution in [0.3, 0.4) is 0 Å². The summed E-state index contributed by atoms with van der Waals surface area (Å²) in [6.07, 6.45) is 3.14. The molecule has 0 saturated carbocycles. The van der Waals surface area contributed by atoms with E-state index in [-0.39, 0.29) is 18.4 Å². The van der Waals surface area contributed by atoms with E-state index in [0.717, 1.165) is 5.56 Å². The van der Waals surface area contributed by atoms with Gasteiger partial charge in [-0.15, -0.1) is 0 Å². The van der Waals surface area contributed by atoms with Gasteiger partial charge >= 0.3 is 0 Å². The van der Waals surface area contributed by atoms with Gasteiger partial charge in [0.05, 0.1) is 12.8 Å². The molecule has 0 aliphatic carbocycles. The van der Waals surface area contributed by atoms with Crippen molar-refractivity contribution in [2.75, 3.05) is 25.5 Å². The second-order valence-corrected chi connectivity index (χ2v) is 5.92. The van der Waals surface area contributed by atoms with Crippen molar-refractivity contribution in [3.63, 3.8) is 0 Å². The normalized spacial score (nSPS) is 10.6. The Morgan fingerprint density at radius 1 is 1.15 bits per heavy atom. The Hall–Kier alpha value is -2.79. The fraction of sp³-hybridized carbons (Fsp3) is 0.200. The zero-order chi connectivity index (χ0) is 18.9. The minimum absolute atomic E-state index is 0.0433. The molecule has 0 aromatic heterocycles. The van der Waals surface area contributed by atoms with Crippen LogP contribution in [-0.2, 0) is 9.59 Å². The van der Waals surface area contributed by atoms with Crippen molar-refractivity contribution in [1.82, 2.24) is 4.90 Å². The highest BCUT2D eigenvalue weighted by molar-refractivity contribution is 6.30. The van der Waals surface area contributed by atoms with Crippen LogP contribution >= 0.6 is 11.6 Å². The SMILES string of the molecule is CCN(CC(=O)Nc1ccccc1OC)C(=O)/C=C/c1ccc(Cl)cc1. The quantitative estimate of drug-likeness (QED) is 0.751. The summed E-state index contributed by atoms with van der Waals surface area (Å²) in [7, 11) is 1.54. The topological polar surface area (TPSA) is 58.6 Å². The molecule has 0 unspecified atom stereocenters. The van der Waals surface area contributed by atoms with E-state index in [1.54, 1.807) is 36.4 Å². The number of likely N-dealkylation sites (N-methyl/N-ethyl adjacent to an activating group) is 1. The van der Waals surface area contributed by atoms with Crippen molar-refractivity contribution in [1.29, 1.82) is 0 Å². The molecule has 0 atom stereocenters. The molecule has 0 aliphatic rings. The third-order valence-corrected chi connectivity index (χ3v) is 3.95. The number of hydrogen-bond acceptors (Lipinski definition) is 3. The number of para-hydroxylation sites is 2. The lowest BCUT2D eigenvalue weighted by Gasteiger charge is -2.19. The lowest BCUT2D eigenvalue weighted by molar-refractivity contribution is -0.130. The first-order chi connectivity index (χ1) is 12.5. The van der Waals surface area contributed by atoms with Crippen LogP contribution in [-0.4, -0.2) is 36.9 Å². The lowest BCUT2D eigenvalue weighted by Crippen LogP contribution is -2.36. The van der Waals surface area contributed by atoms with E-state index in [1.807, 2.05) is 25.1 Å². The molecule has 26 heavy (non-hydrogen) atoms. The number of carbonyl (C=O) groups excluding carboxylic acids is 2. The van der Waals surface area contributed by atoms with E-state index < -0.39 is 0 Å². The Bertz CT molecular complexity index is 788. The van der Waals surface area contributed by atoms with Gasteiger partial charge in [0, 0.05) is 17.6 Å². The summed E-state index contributed by atoms with van der Waals surface area (Å²) < 4.78 is 5.21. The number of methoxy groups -OCH3 is 1. The molecule has 0 saturated heterocycles. The molecule has 0 spiro atoms. The van der Waals surface area contributed by atoms with Crippen LogP contribution in [0.5, 0.6) is 5.75 Å². The van der Waals surface area contributed by atoms with E-state index in [2.05, 4.69) is 5.32 Å². The summed E-state index contributed by atoms with van der Waals surface area (Å²) in [5, 5.41) is 3.40. The van der Waals surface area contributed by atoms with Gasteiger partial charge in [-0.1, -0.05) is 35.9 Å². The van der Waals surface area contributed by atoms with Crippen LogP contribution in [0.15, 0.2) is 54.6 Å². The predicted molar refractivity (Wildman–Crippen MR) is 104 cm³/mol. The fourth-order valence-corrected chi connectivity index (χ4v) is 2.43. The summed E-state index contributed by atoms with van der Waals surface area (Å²) in [5.41, 5.74) is 1.43. The van der Waals surface area contributed by atoms with Gasteiger partial charge in [0.25, 0.3) is 0 Å². The van der Waals surface area contributed by atoms with Crippen molar-refractivity contribution in [3.05, 3.63) is 65.2 Å². The number of nitrogens with zero attached hydrogens (tertiary/aromatic N) is 1. The maximum Gasteiger partial charge on any atom is 0.247 e. The average Bonchev–Trinajstić information content (AvgIpc) is 2.65. The second-order valence-electron chi connectivity index (χ2n) is 5.49. The highest BCUT2D eigenvalue weighted by Crippen LogP contribution is 2.22. The van der Waals surface area contributed by atoms with Gasteiger partial charge < -0.3 is 15.0 Å². The van der Waals surface area contributed by atoms with E-state index in [1.165, 1.54) is 18.1 Å². The summed E-state index contributed by atoms with van der Waals surface area (Å²) in [4.78, 5) is 26.1. The number of nitrogens with one attached hydrogen (secondary N) is 1. The molecule has 6 heteroatoms. The van der Waals surface area contributed by atoms with E-state index in [4.69, 9.17) is 16.3 Å². The molecular formula is C20H21ClN2O3. The van der Waals surface area contributed by atoms with Gasteiger partial charge in [0.1, 0.15) is 12.3 Å². The highest BCUT2D eigenvalue weighted by Gasteiger charge is 2.14. The van der Waals surface area contributed by atoms with Gasteiger partial charge in [-0.05, 0) is 42.8 Å². The first kappa shape index (κ1) is 19.5. The third-order valence-electron chi connectivity index (χ3n) is 3.70. The molecule has 5 nitrogen and oxygen atoms in total. The summed E-state index contributed by atoms with van der Waals surface area (Å²) in [6.45, 7) is 2.20. The Kier molecular flexibility index (Phi) is 7.24. The molecule has 0 bridgehead atoms. The minimum atomic E-state index is -0.287. The van der Waals surface area contributed by atoms with Crippen molar-refractivity contribution in [2.45, 2.75) is 6.92 Å². The number of benzene rings is 2. The number of carbonyl (C=O) groups is 2. The number of hydrogen-bond donors (Lipinski definition) is 1. The van der Waals surface area contributed by atoms with Crippen LogP contribution in [0.25, 0.3) is 6.08 Å². The monoisotopic (exact) mass is 372 g/mol. The molecule has 2 aromatic rings. The van der Waals surface area contributed by atoms with Crippen LogP contribution in [0.1, 0.15) is 12.5 Å². The van der Waals surface area contributed by atoms with Crippen molar-refractivity contribution >= 4 is 35.2 Å². The summed E-state index contributed by atoms with van der Waals surface area (Å²) in [6, 6.07) is 14.3. The van der Waals surface area contributed by atoms with E-state index >= 15 is 0 Å². The lowest BCUT2D eigenvalue weighted by atomic mass is 10.2. The zero-order valence-electron chi connectivity index (χ0n) is 14.7. The minimum Gasteiger partial charge on any atom is -0.495 e. The molecule has 2 aromatic carbocycles. The standard InChI is InChI=1S/C20H21ClN2O3/c1-3-23(20(25)13-10-15-8-11-16(21)12-9-15)14-19(24)22-17-6-4-5-7-18(17)26-2/h4-13H,3,14H2,1-2H3,(H,22,24)/b13-10+. The number of rotatable bonds is 7. The Morgan fingerprint density at radius 2 is 1.85 bits per heavy atom. The van der Waals surface area contributed by atoms with Gasteiger partial charge in [0.15, 0.2) is 0 Å². The Labute approximate surface area is 158 Å². The maximum absolute atomic E-state index is 12.3. The molecule has 0 aliphatic heterocycles. The van der Waals surface area contributed by atoms with E-state index in [9.17, 15) is 9.59 Å². The van der Waals surface area contributed by atoms with Crippen molar-refractivity contribution in [2.24, 2.45) is 0 Å². The Morgan fingerprint density at radius 3 is 2.50 bits per heavy atom.